The number of phenols is 5. The van der Waals surface area contributed by atoms with Crippen LogP contribution in [0.2, 0.25) is 0 Å². The van der Waals surface area contributed by atoms with Crippen molar-refractivity contribution in [3.63, 3.8) is 0 Å². The lowest BCUT2D eigenvalue weighted by Gasteiger charge is -2.39. The maximum atomic E-state index is 12.2. The summed E-state index contributed by atoms with van der Waals surface area (Å²) in [5.41, 5.74) is -0.326. The van der Waals surface area contributed by atoms with Crippen molar-refractivity contribution in [2.24, 2.45) is 0 Å². The lowest BCUT2D eigenvalue weighted by molar-refractivity contribution is -0.277. The predicted octanol–water partition coefficient (Wildman–Crippen LogP) is -0.733. The van der Waals surface area contributed by atoms with Crippen LogP contribution in [-0.4, -0.2) is 91.2 Å². The molecule has 2 aromatic rings. The van der Waals surface area contributed by atoms with Gasteiger partial charge in [-0.15, -0.1) is 0 Å². The van der Waals surface area contributed by atoms with E-state index in [0.717, 1.165) is 18.2 Å². The summed E-state index contributed by atoms with van der Waals surface area (Å²) in [5, 5.41) is 78.3. The average molecular weight is 470 g/mol. The fourth-order valence-corrected chi connectivity index (χ4v) is 3.04. The molecule has 0 saturated carbocycles. The molecule has 1 aliphatic heterocycles. The minimum atomic E-state index is -1.78. The lowest BCUT2D eigenvalue weighted by Crippen LogP contribution is -2.60. The van der Waals surface area contributed by atoms with E-state index >= 15 is 0 Å². The van der Waals surface area contributed by atoms with Gasteiger partial charge in [0.2, 0.25) is 12.0 Å². The molecule has 5 atom stereocenters. The van der Waals surface area contributed by atoms with Gasteiger partial charge in [-0.25, -0.2) is 4.79 Å². The van der Waals surface area contributed by atoms with Crippen molar-refractivity contribution < 1.29 is 64.6 Å². The zero-order chi connectivity index (χ0) is 24.4. The van der Waals surface area contributed by atoms with Crippen molar-refractivity contribution in [2.45, 2.75) is 30.7 Å². The Labute approximate surface area is 185 Å². The Morgan fingerprint density at radius 3 is 2.09 bits per heavy atom. The number of carbonyl (C=O) groups excluding carboxylic acids is 1. The molecule has 0 unspecified atom stereocenters. The number of methoxy groups -OCH3 is 1. The largest absolute Gasteiger partial charge is 0.504 e. The first-order chi connectivity index (χ1) is 15.5. The molecule has 0 radical (unpaired) electrons. The highest BCUT2D eigenvalue weighted by atomic mass is 16.7. The smallest absolute Gasteiger partial charge is 0.338 e. The summed E-state index contributed by atoms with van der Waals surface area (Å²) in [6, 6.07) is 3.83. The van der Waals surface area contributed by atoms with Gasteiger partial charge >= 0.3 is 5.97 Å². The van der Waals surface area contributed by atoms with Gasteiger partial charge in [0.25, 0.3) is 0 Å². The number of carbonyl (C=O) groups is 1. The molecule has 2 aromatic carbocycles. The zero-order valence-electron chi connectivity index (χ0n) is 17.0. The molecule has 3 rings (SSSR count). The van der Waals surface area contributed by atoms with Crippen molar-refractivity contribution >= 4 is 5.97 Å². The second kappa shape index (κ2) is 9.46. The summed E-state index contributed by atoms with van der Waals surface area (Å²) >= 11 is 0. The third-order valence-corrected chi connectivity index (χ3v) is 4.85. The summed E-state index contributed by atoms with van der Waals surface area (Å²) in [5.74, 6) is -4.86. The second-order valence-electron chi connectivity index (χ2n) is 7.09. The molecule has 8 N–H and O–H groups in total. The zero-order valence-corrected chi connectivity index (χ0v) is 17.0. The number of hydrogen-bond acceptors (Lipinski definition) is 13. The molecule has 33 heavy (non-hydrogen) atoms. The van der Waals surface area contributed by atoms with Gasteiger partial charge in [-0.3, -0.25) is 0 Å². The van der Waals surface area contributed by atoms with Gasteiger partial charge in [-0.2, -0.15) is 0 Å². The van der Waals surface area contributed by atoms with E-state index < -0.39 is 72.0 Å². The Morgan fingerprint density at radius 2 is 1.48 bits per heavy atom. The Bertz CT molecular complexity index is 1000. The molecule has 13 nitrogen and oxygen atoms in total. The molecule has 0 amide bonds. The van der Waals surface area contributed by atoms with E-state index in [1.807, 2.05) is 0 Å². The van der Waals surface area contributed by atoms with Gasteiger partial charge in [-0.1, -0.05) is 0 Å². The third-order valence-electron chi connectivity index (χ3n) is 4.85. The molecule has 1 fully saturated rings. The quantitative estimate of drug-likeness (QED) is 0.193. The fourth-order valence-electron chi connectivity index (χ4n) is 3.04. The van der Waals surface area contributed by atoms with Crippen LogP contribution in [0.5, 0.6) is 40.2 Å². The molecular weight excluding hydrogens is 448 g/mol. The molecule has 0 spiro atoms. The number of benzene rings is 2. The number of aromatic hydroxyl groups is 5. The maximum Gasteiger partial charge on any atom is 0.338 e. The third kappa shape index (κ3) is 4.90. The van der Waals surface area contributed by atoms with Crippen LogP contribution < -0.4 is 9.47 Å². The van der Waals surface area contributed by atoms with Crippen LogP contribution in [0.15, 0.2) is 24.3 Å². The molecular formula is C20H22O13. The Kier molecular flexibility index (Phi) is 6.88. The predicted molar refractivity (Wildman–Crippen MR) is 105 cm³/mol. The van der Waals surface area contributed by atoms with Crippen LogP contribution in [0, 0.1) is 0 Å². The van der Waals surface area contributed by atoms with Gasteiger partial charge in [0.05, 0.1) is 12.7 Å². The summed E-state index contributed by atoms with van der Waals surface area (Å²) in [4.78, 5) is 12.2. The minimum Gasteiger partial charge on any atom is -0.504 e. The first kappa shape index (κ1) is 24.0. The highest BCUT2D eigenvalue weighted by molar-refractivity contribution is 5.91. The van der Waals surface area contributed by atoms with Crippen molar-refractivity contribution in [1.29, 1.82) is 0 Å². The molecule has 1 aliphatic rings. The van der Waals surface area contributed by atoms with Gasteiger partial charge in [0.15, 0.2) is 28.7 Å². The Balaban J connectivity index is 1.72. The average Bonchev–Trinajstić information content (AvgIpc) is 2.78. The van der Waals surface area contributed by atoms with Crippen LogP contribution in [0.3, 0.4) is 0 Å². The lowest BCUT2D eigenvalue weighted by atomic mass is 9.99. The fraction of sp³-hybridized carbons (Fsp3) is 0.350. The number of ether oxygens (including phenoxy) is 4. The topological polar surface area (TPSA) is 216 Å². The number of aliphatic hydroxyl groups is 3. The standard InChI is InChI=1S/C20H22O13/c1-30-12-5-8(4-11(23)15(12)25)32-20-18(28)17(27)16(26)13(33-20)6-31-19(29)7-2-9(21)14(24)10(22)3-7/h2-5,13,16-18,20-28H,6H2,1H3/t13-,16-,17+,18-,20-/m1/s1. The Hall–Kier alpha value is -3.65. The second-order valence-corrected chi connectivity index (χ2v) is 7.09. The van der Waals surface area contributed by atoms with E-state index in [-0.39, 0.29) is 17.1 Å². The van der Waals surface area contributed by atoms with Crippen molar-refractivity contribution in [1.82, 2.24) is 0 Å². The van der Waals surface area contributed by atoms with Gasteiger partial charge in [0.1, 0.15) is 36.8 Å². The summed E-state index contributed by atoms with van der Waals surface area (Å²) < 4.78 is 20.7. The molecule has 1 saturated heterocycles. The van der Waals surface area contributed by atoms with E-state index in [0.29, 0.717) is 0 Å². The van der Waals surface area contributed by atoms with Gasteiger partial charge in [0, 0.05) is 12.1 Å². The summed E-state index contributed by atoms with van der Waals surface area (Å²) in [7, 11) is 1.22. The first-order valence-electron chi connectivity index (χ1n) is 9.41. The molecule has 0 bridgehead atoms. The van der Waals surface area contributed by atoms with Crippen LogP contribution in [0.4, 0.5) is 0 Å². The number of phenolic OH excluding ortho intramolecular Hbond substituents is 5. The van der Waals surface area contributed by atoms with Crippen molar-refractivity contribution in [3.8, 4) is 40.2 Å². The normalized spacial score (nSPS) is 24.8. The highest BCUT2D eigenvalue weighted by Crippen LogP contribution is 2.40. The molecule has 0 aliphatic carbocycles. The van der Waals surface area contributed by atoms with E-state index in [4.69, 9.17) is 18.9 Å². The van der Waals surface area contributed by atoms with E-state index in [2.05, 4.69) is 0 Å². The SMILES string of the molecule is COc1cc(O[C@@H]2O[C@H](COC(=O)c3cc(O)c(O)c(O)c3)[C@@H](O)[C@H](O)[C@H]2O)cc(O)c1O. The van der Waals surface area contributed by atoms with E-state index in [1.54, 1.807) is 0 Å². The monoisotopic (exact) mass is 470 g/mol. The molecule has 13 heteroatoms. The van der Waals surface area contributed by atoms with Crippen LogP contribution >= 0.6 is 0 Å². The van der Waals surface area contributed by atoms with Crippen molar-refractivity contribution in [2.75, 3.05) is 13.7 Å². The number of esters is 1. The van der Waals surface area contributed by atoms with Crippen LogP contribution in [-0.2, 0) is 9.47 Å². The number of hydrogen-bond donors (Lipinski definition) is 8. The van der Waals surface area contributed by atoms with E-state index in [9.17, 15) is 45.6 Å². The van der Waals surface area contributed by atoms with Crippen LogP contribution in [0.25, 0.3) is 0 Å². The van der Waals surface area contributed by atoms with E-state index in [1.165, 1.54) is 13.2 Å². The van der Waals surface area contributed by atoms with Gasteiger partial charge < -0.3 is 59.8 Å². The highest BCUT2D eigenvalue weighted by Gasteiger charge is 2.45. The number of rotatable bonds is 6. The molecule has 0 aromatic heterocycles. The molecule has 1 heterocycles. The summed E-state index contributed by atoms with van der Waals surface area (Å²) in [6.07, 6.45) is -8.20. The van der Waals surface area contributed by atoms with Gasteiger partial charge in [-0.05, 0) is 12.1 Å². The summed E-state index contributed by atoms with van der Waals surface area (Å²) in [6.45, 7) is -0.643. The number of aliphatic hydroxyl groups excluding tert-OH is 3. The first-order valence-corrected chi connectivity index (χ1v) is 9.41. The van der Waals surface area contributed by atoms with Crippen molar-refractivity contribution in [3.05, 3.63) is 29.8 Å². The van der Waals surface area contributed by atoms with Crippen LogP contribution in [0.1, 0.15) is 10.4 Å². The Morgan fingerprint density at radius 1 is 0.879 bits per heavy atom. The molecule has 180 valence electrons. The maximum absolute atomic E-state index is 12.2. The minimum absolute atomic E-state index is 0.124.